The molecule has 0 unspecified atom stereocenters. The molecule has 0 spiro atoms. The minimum absolute atomic E-state index is 0.0270. The van der Waals surface area contributed by atoms with Gasteiger partial charge in [-0.15, -0.1) is 0 Å². The van der Waals surface area contributed by atoms with Gasteiger partial charge in [0, 0.05) is 6.61 Å². The minimum atomic E-state index is -0.418. The third-order valence-electron chi connectivity index (χ3n) is 1.73. The van der Waals surface area contributed by atoms with Gasteiger partial charge < -0.3 is 19.3 Å². The lowest BCUT2D eigenvalue weighted by molar-refractivity contribution is -0.0768. The first-order chi connectivity index (χ1) is 7.06. The third kappa shape index (κ3) is 10.1. The molecule has 0 bridgehead atoms. The zero-order valence-electron chi connectivity index (χ0n) is 10.2. The highest BCUT2D eigenvalue weighted by Gasteiger charge is 2.09. The van der Waals surface area contributed by atoms with Gasteiger partial charge in [0.15, 0.2) is 0 Å². The van der Waals surface area contributed by atoms with Crippen molar-refractivity contribution in [2.45, 2.75) is 46.0 Å². The van der Waals surface area contributed by atoms with Crippen LogP contribution < -0.4 is 0 Å². The van der Waals surface area contributed by atoms with E-state index in [-0.39, 0.29) is 12.2 Å². The maximum atomic E-state index is 8.98. The molecule has 0 saturated carbocycles. The lowest BCUT2D eigenvalue weighted by Crippen LogP contribution is -2.26. The summed E-state index contributed by atoms with van der Waals surface area (Å²) in [5, 5.41) is 8.98. The van der Waals surface area contributed by atoms with Crippen molar-refractivity contribution in [3.8, 4) is 0 Å². The van der Waals surface area contributed by atoms with Gasteiger partial charge in [-0.05, 0) is 27.7 Å². The second-order valence-electron chi connectivity index (χ2n) is 3.80. The fraction of sp³-hybridized carbons (Fsp3) is 1.00. The summed E-state index contributed by atoms with van der Waals surface area (Å²) in [5.41, 5.74) is 0. The Kier molecular flexibility index (Phi) is 9.00. The Balaban J connectivity index is 3.42. The lowest BCUT2D eigenvalue weighted by atomic mass is 10.4. The molecule has 0 amide bonds. The summed E-state index contributed by atoms with van der Waals surface area (Å²) in [6.07, 6.45) is -0.313. The SMILES string of the molecule is CCOC[C@@H](C)O[C@H](C)COC[C@@H](C)O. The summed E-state index contributed by atoms with van der Waals surface area (Å²) < 4.78 is 16.1. The van der Waals surface area contributed by atoms with Crippen LogP contribution in [0.5, 0.6) is 0 Å². The largest absolute Gasteiger partial charge is 0.391 e. The Morgan fingerprint density at radius 3 is 1.93 bits per heavy atom. The van der Waals surface area contributed by atoms with Crippen LogP contribution in [0.4, 0.5) is 0 Å². The molecule has 0 aromatic carbocycles. The monoisotopic (exact) mass is 220 g/mol. The first kappa shape index (κ1) is 14.8. The topological polar surface area (TPSA) is 47.9 Å². The molecule has 0 aliphatic carbocycles. The number of hydrogen-bond donors (Lipinski definition) is 1. The average molecular weight is 220 g/mol. The summed E-state index contributed by atoms with van der Waals surface area (Å²) in [4.78, 5) is 0. The first-order valence-corrected chi connectivity index (χ1v) is 5.55. The van der Waals surface area contributed by atoms with Gasteiger partial charge in [-0.1, -0.05) is 0 Å². The van der Waals surface area contributed by atoms with E-state index in [0.29, 0.717) is 26.4 Å². The highest BCUT2D eigenvalue weighted by atomic mass is 16.6. The molecule has 1 N–H and O–H groups in total. The normalized spacial score (nSPS) is 17.4. The third-order valence-corrected chi connectivity index (χ3v) is 1.73. The molecule has 15 heavy (non-hydrogen) atoms. The predicted octanol–water partition coefficient (Wildman–Crippen LogP) is 1.21. The molecule has 0 aromatic rings. The van der Waals surface area contributed by atoms with E-state index in [1.165, 1.54) is 0 Å². The molecule has 3 atom stereocenters. The van der Waals surface area contributed by atoms with Crippen molar-refractivity contribution in [3.05, 3.63) is 0 Å². The smallest absolute Gasteiger partial charge is 0.0785 e. The van der Waals surface area contributed by atoms with Crippen molar-refractivity contribution in [1.29, 1.82) is 0 Å². The van der Waals surface area contributed by atoms with Crippen LogP contribution in [0.25, 0.3) is 0 Å². The molecule has 0 fully saturated rings. The van der Waals surface area contributed by atoms with Crippen molar-refractivity contribution >= 4 is 0 Å². The number of ether oxygens (including phenoxy) is 3. The van der Waals surface area contributed by atoms with E-state index in [4.69, 9.17) is 19.3 Å². The molecule has 4 heteroatoms. The van der Waals surface area contributed by atoms with E-state index in [0.717, 1.165) is 0 Å². The second-order valence-corrected chi connectivity index (χ2v) is 3.80. The first-order valence-electron chi connectivity index (χ1n) is 5.55. The fourth-order valence-corrected chi connectivity index (χ4v) is 1.16. The van der Waals surface area contributed by atoms with Gasteiger partial charge in [-0.3, -0.25) is 0 Å². The van der Waals surface area contributed by atoms with Gasteiger partial charge in [0.2, 0.25) is 0 Å². The Labute approximate surface area is 92.5 Å². The molecule has 0 aliphatic heterocycles. The Hall–Kier alpha value is -0.160. The van der Waals surface area contributed by atoms with Crippen molar-refractivity contribution in [2.24, 2.45) is 0 Å². The number of aliphatic hydroxyl groups excluding tert-OH is 1. The summed E-state index contributed by atoms with van der Waals surface area (Å²) in [6.45, 7) is 9.75. The van der Waals surface area contributed by atoms with Gasteiger partial charge >= 0.3 is 0 Å². The van der Waals surface area contributed by atoms with E-state index in [2.05, 4.69) is 0 Å². The van der Waals surface area contributed by atoms with Crippen LogP contribution >= 0.6 is 0 Å². The van der Waals surface area contributed by atoms with Crippen molar-refractivity contribution in [3.63, 3.8) is 0 Å². The van der Waals surface area contributed by atoms with Crippen LogP contribution in [0, 0.1) is 0 Å². The minimum Gasteiger partial charge on any atom is -0.391 e. The number of aliphatic hydroxyl groups is 1. The summed E-state index contributed by atoms with van der Waals surface area (Å²) in [7, 11) is 0. The van der Waals surface area contributed by atoms with Crippen LogP contribution in [-0.4, -0.2) is 49.8 Å². The molecule has 0 saturated heterocycles. The number of hydrogen-bond acceptors (Lipinski definition) is 4. The maximum Gasteiger partial charge on any atom is 0.0785 e. The molecule has 92 valence electrons. The molecule has 0 heterocycles. The van der Waals surface area contributed by atoms with Crippen LogP contribution in [-0.2, 0) is 14.2 Å². The summed E-state index contributed by atoms with van der Waals surface area (Å²) in [5.74, 6) is 0. The molecule has 4 nitrogen and oxygen atoms in total. The van der Waals surface area contributed by atoms with Crippen LogP contribution in [0.2, 0.25) is 0 Å². The highest BCUT2D eigenvalue weighted by Crippen LogP contribution is 2.00. The summed E-state index contributed by atoms with van der Waals surface area (Å²) in [6, 6.07) is 0. The molecular weight excluding hydrogens is 196 g/mol. The highest BCUT2D eigenvalue weighted by molar-refractivity contribution is 4.54. The van der Waals surface area contributed by atoms with Crippen LogP contribution in [0.3, 0.4) is 0 Å². The van der Waals surface area contributed by atoms with E-state index >= 15 is 0 Å². The van der Waals surface area contributed by atoms with E-state index in [1.54, 1.807) is 6.92 Å². The zero-order valence-corrected chi connectivity index (χ0v) is 10.2. The Morgan fingerprint density at radius 2 is 1.47 bits per heavy atom. The van der Waals surface area contributed by atoms with Gasteiger partial charge in [0.25, 0.3) is 0 Å². The van der Waals surface area contributed by atoms with Gasteiger partial charge in [-0.25, -0.2) is 0 Å². The van der Waals surface area contributed by atoms with Crippen molar-refractivity contribution < 1.29 is 19.3 Å². The standard InChI is InChI=1S/C11H24O4/c1-5-13-7-10(3)15-11(4)8-14-6-9(2)12/h9-12H,5-8H2,1-4H3/t9-,10-,11-/m1/s1. The average Bonchev–Trinajstić information content (AvgIpc) is 2.14. The van der Waals surface area contributed by atoms with Gasteiger partial charge in [-0.2, -0.15) is 0 Å². The van der Waals surface area contributed by atoms with Crippen LogP contribution in [0.15, 0.2) is 0 Å². The molecule has 0 aliphatic rings. The molecular formula is C11H24O4. The Morgan fingerprint density at radius 1 is 0.933 bits per heavy atom. The van der Waals surface area contributed by atoms with Crippen LogP contribution in [0.1, 0.15) is 27.7 Å². The number of rotatable bonds is 9. The second kappa shape index (κ2) is 9.09. The predicted molar refractivity (Wildman–Crippen MR) is 59.0 cm³/mol. The van der Waals surface area contributed by atoms with Gasteiger partial charge in [0.05, 0.1) is 38.1 Å². The van der Waals surface area contributed by atoms with E-state index in [1.807, 2.05) is 20.8 Å². The fourth-order valence-electron chi connectivity index (χ4n) is 1.16. The van der Waals surface area contributed by atoms with Crippen molar-refractivity contribution in [2.75, 3.05) is 26.4 Å². The Bertz CT molecular complexity index is 139. The lowest BCUT2D eigenvalue weighted by Gasteiger charge is -2.19. The summed E-state index contributed by atoms with van der Waals surface area (Å²) >= 11 is 0. The van der Waals surface area contributed by atoms with E-state index < -0.39 is 6.10 Å². The molecule has 0 aromatic heterocycles. The van der Waals surface area contributed by atoms with Gasteiger partial charge in [0.1, 0.15) is 0 Å². The quantitative estimate of drug-likeness (QED) is 0.634. The van der Waals surface area contributed by atoms with E-state index in [9.17, 15) is 0 Å². The molecule has 0 rings (SSSR count). The zero-order chi connectivity index (χ0) is 11.7. The van der Waals surface area contributed by atoms with Crippen molar-refractivity contribution in [1.82, 2.24) is 0 Å². The maximum absolute atomic E-state index is 8.98. The molecule has 0 radical (unpaired) electrons.